The lowest BCUT2D eigenvalue weighted by Crippen LogP contribution is -2.49. The fraction of sp³-hybridized carbons (Fsp3) is 0.500. The second kappa shape index (κ2) is 6.60. The molecule has 1 aliphatic rings. The number of amides is 1. The van der Waals surface area contributed by atoms with Crippen molar-refractivity contribution in [3.8, 4) is 0 Å². The molecular weight excluding hydrogens is 334 g/mol. The number of carbonyl (C=O) groups is 2. The molecule has 4 nitrogen and oxygen atoms in total. The standard InChI is InChI=1S/C16H20BrNO3/c1-2-13(14(19)20)18-15(21)16(8-3-4-9-16)11-6-5-7-12(17)10-11/h5-7,10,13H,2-4,8-9H2,1H3,(H,18,21)(H,19,20). The summed E-state index contributed by atoms with van der Waals surface area (Å²) in [6, 6.07) is 6.95. The van der Waals surface area contributed by atoms with Crippen LogP contribution in [0.1, 0.15) is 44.6 Å². The number of halogens is 1. The Hall–Kier alpha value is -1.36. The molecule has 1 saturated carbocycles. The Balaban J connectivity index is 2.30. The lowest BCUT2D eigenvalue weighted by Gasteiger charge is -2.30. The highest BCUT2D eigenvalue weighted by atomic mass is 79.9. The van der Waals surface area contributed by atoms with Crippen LogP contribution in [0.2, 0.25) is 0 Å². The van der Waals surface area contributed by atoms with Crippen LogP contribution >= 0.6 is 15.9 Å². The van der Waals surface area contributed by atoms with Crippen LogP contribution in [-0.4, -0.2) is 23.0 Å². The van der Waals surface area contributed by atoms with Gasteiger partial charge >= 0.3 is 5.97 Å². The quantitative estimate of drug-likeness (QED) is 0.853. The highest BCUT2D eigenvalue weighted by Gasteiger charge is 2.43. The van der Waals surface area contributed by atoms with Crippen molar-refractivity contribution >= 4 is 27.8 Å². The number of aliphatic carboxylic acids is 1. The molecule has 5 heteroatoms. The number of carbonyl (C=O) groups excluding carboxylic acids is 1. The van der Waals surface area contributed by atoms with Gasteiger partial charge in [0.15, 0.2) is 0 Å². The Labute approximate surface area is 133 Å². The summed E-state index contributed by atoms with van der Waals surface area (Å²) in [5.74, 6) is -1.14. The molecule has 0 radical (unpaired) electrons. The van der Waals surface area contributed by atoms with Crippen LogP contribution in [0.4, 0.5) is 0 Å². The van der Waals surface area contributed by atoms with Gasteiger partial charge in [-0.25, -0.2) is 4.79 Å². The molecule has 1 aromatic carbocycles. The van der Waals surface area contributed by atoms with E-state index in [0.717, 1.165) is 35.7 Å². The van der Waals surface area contributed by atoms with E-state index in [1.807, 2.05) is 24.3 Å². The minimum absolute atomic E-state index is 0.160. The zero-order valence-corrected chi connectivity index (χ0v) is 13.6. The molecule has 1 unspecified atom stereocenters. The third-order valence-corrected chi connectivity index (χ3v) is 4.77. The van der Waals surface area contributed by atoms with Crippen LogP contribution in [0, 0.1) is 0 Å². The average Bonchev–Trinajstić information content (AvgIpc) is 2.95. The van der Waals surface area contributed by atoms with Crippen molar-refractivity contribution in [3.63, 3.8) is 0 Å². The maximum Gasteiger partial charge on any atom is 0.326 e. The summed E-state index contributed by atoms with van der Waals surface area (Å²) >= 11 is 3.44. The Bertz CT molecular complexity index is 538. The first kappa shape index (κ1) is 16.0. The van der Waals surface area contributed by atoms with Gasteiger partial charge in [-0.3, -0.25) is 4.79 Å². The van der Waals surface area contributed by atoms with Crippen LogP contribution < -0.4 is 5.32 Å². The number of nitrogens with one attached hydrogen (secondary N) is 1. The molecule has 0 aromatic heterocycles. The summed E-state index contributed by atoms with van der Waals surface area (Å²) < 4.78 is 0.935. The largest absolute Gasteiger partial charge is 0.480 e. The molecule has 1 fully saturated rings. The predicted octanol–water partition coefficient (Wildman–Crippen LogP) is 3.24. The third kappa shape index (κ3) is 3.28. The van der Waals surface area contributed by atoms with Gasteiger partial charge in [-0.15, -0.1) is 0 Å². The normalized spacial score (nSPS) is 18.2. The van der Waals surface area contributed by atoms with Gasteiger partial charge in [-0.2, -0.15) is 0 Å². The molecule has 0 heterocycles. The van der Waals surface area contributed by atoms with Gasteiger partial charge in [0.05, 0.1) is 5.41 Å². The molecular formula is C16H20BrNO3. The molecule has 1 atom stereocenters. The zero-order chi connectivity index (χ0) is 15.5. The van der Waals surface area contributed by atoms with Crippen molar-refractivity contribution in [2.75, 3.05) is 0 Å². The Morgan fingerprint density at radius 1 is 1.38 bits per heavy atom. The van der Waals surface area contributed by atoms with Gasteiger partial charge in [0.2, 0.25) is 5.91 Å². The van der Waals surface area contributed by atoms with Crippen molar-refractivity contribution in [2.24, 2.45) is 0 Å². The van der Waals surface area contributed by atoms with Gasteiger partial charge in [0, 0.05) is 4.47 Å². The first-order chi connectivity index (χ1) is 9.99. The van der Waals surface area contributed by atoms with E-state index in [0.29, 0.717) is 6.42 Å². The summed E-state index contributed by atoms with van der Waals surface area (Å²) in [6.07, 6.45) is 3.90. The average molecular weight is 354 g/mol. The maximum absolute atomic E-state index is 12.8. The number of hydrogen-bond donors (Lipinski definition) is 2. The van der Waals surface area contributed by atoms with E-state index in [1.165, 1.54) is 0 Å². The van der Waals surface area contributed by atoms with Crippen LogP contribution in [-0.2, 0) is 15.0 Å². The third-order valence-electron chi connectivity index (χ3n) is 4.28. The van der Waals surface area contributed by atoms with Gasteiger partial charge in [-0.05, 0) is 37.0 Å². The van der Waals surface area contributed by atoms with E-state index < -0.39 is 17.4 Å². The first-order valence-electron chi connectivity index (χ1n) is 7.29. The highest BCUT2D eigenvalue weighted by molar-refractivity contribution is 9.10. The number of rotatable bonds is 5. The summed E-state index contributed by atoms with van der Waals surface area (Å²) in [5, 5.41) is 11.9. The van der Waals surface area contributed by atoms with Crippen molar-refractivity contribution in [1.29, 1.82) is 0 Å². The molecule has 0 bridgehead atoms. The molecule has 0 saturated heterocycles. The molecule has 114 valence electrons. The van der Waals surface area contributed by atoms with E-state index in [2.05, 4.69) is 21.2 Å². The highest BCUT2D eigenvalue weighted by Crippen LogP contribution is 2.42. The number of hydrogen-bond acceptors (Lipinski definition) is 2. The van der Waals surface area contributed by atoms with E-state index in [9.17, 15) is 9.59 Å². The molecule has 0 aliphatic heterocycles. The number of carboxylic acids is 1. The Kier molecular flexibility index (Phi) is 5.04. The van der Waals surface area contributed by atoms with Gasteiger partial charge in [0.1, 0.15) is 6.04 Å². The lowest BCUT2D eigenvalue weighted by molar-refractivity contribution is -0.142. The van der Waals surface area contributed by atoms with Crippen LogP contribution in [0.5, 0.6) is 0 Å². The smallest absolute Gasteiger partial charge is 0.326 e. The van der Waals surface area contributed by atoms with Crippen molar-refractivity contribution in [2.45, 2.75) is 50.5 Å². The maximum atomic E-state index is 12.8. The Morgan fingerprint density at radius 2 is 2.05 bits per heavy atom. The second-order valence-electron chi connectivity index (χ2n) is 5.57. The van der Waals surface area contributed by atoms with E-state index >= 15 is 0 Å². The van der Waals surface area contributed by atoms with Gasteiger partial charge < -0.3 is 10.4 Å². The predicted molar refractivity (Wildman–Crippen MR) is 84.1 cm³/mol. The van der Waals surface area contributed by atoms with E-state index in [1.54, 1.807) is 6.92 Å². The fourth-order valence-electron chi connectivity index (χ4n) is 3.05. The summed E-state index contributed by atoms with van der Waals surface area (Å²) in [6.45, 7) is 1.76. The molecule has 1 aliphatic carbocycles. The minimum Gasteiger partial charge on any atom is -0.480 e. The van der Waals surface area contributed by atoms with Crippen LogP contribution in [0.15, 0.2) is 28.7 Å². The second-order valence-corrected chi connectivity index (χ2v) is 6.49. The topological polar surface area (TPSA) is 66.4 Å². The Morgan fingerprint density at radius 3 is 2.57 bits per heavy atom. The summed E-state index contributed by atoms with van der Waals surface area (Å²) in [4.78, 5) is 23.9. The van der Waals surface area contributed by atoms with Crippen molar-refractivity contribution < 1.29 is 14.7 Å². The molecule has 21 heavy (non-hydrogen) atoms. The van der Waals surface area contributed by atoms with Gasteiger partial charge in [0.25, 0.3) is 0 Å². The van der Waals surface area contributed by atoms with Crippen LogP contribution in [0.3, 0.4) is 0 Å². The molecule has 1 amide bonds. The van der Waals surface area contributed by atoms with Crippen molar-refractivity contribution in [3.05, 3.63) is 34.3 Å². The summed E-state index contributed by atoms with van der Waals surface area (Å²) in [7, 11) is 0. The SMILES string of the molecule is CCC(NC(=O)C1(c2cccc(Br)c2)CCCC1)C(=O)O. The number of benzene rings is 1. The van der Waals surface area contributed by atoms with Gasteiger partial charge in [-0.1, -0.05) is 47.8 Å². The van der Waals surface area contributed by atoms with Crippen LogP contribution in [0.25, 0.3) is 0 Å². The fourth-order valence-corrected chi connectivity index (χ4v) is 3.45. The lowest BCUT2D eigenvalue weighted by atomic mass is 9.78. The molecule has 2 N–H and O–H groups in total. The molecule has 0 spiro atoms. The minimum atomic E-state index is -0.978. The van der Waals surface area contributed by atoms with E-state index in [4.69, 9.17) is 5.11 Å². The molecule has 2 rings (SSSR count). The molecule has 1 aromatic rings. The first-order valence-corrected chi connectivity index (χ1v) is 8.09. The zero-order valence-electron chi connectivity index (χ0n) is 12.1. The monoisotopic (exact) mass is 353 g/mol. The van der Waals surface area contributed by atoms with Crippen molar-refractivity contribution in [1.82, 2.24) is 5.32 Å². The van der Waals surface area contributed by atoms with E-state index in [-0.39, 0.29) is 5.91 Å². The number of carboxylic acid groups (broad SMARTS) is 1. The summed E-state index contributed by atoms with van der Waals surface area (Å²) in [5.41, 5.74) is 0.374.